The summed E-state index contributed by atoms with van der Waals surface area (Å²) in [6.45, 7) is 7.50. The molecule has 0 saturated carbocycles. The molecule has 10 heavy (non-hydrogen) atoms. The normalized spacial score (nSPS) is 10.1. The zero-order valence-electron chi connectivity index (χ0n) is 6.72. The molecule has 0 N–H and O–H groups in total. The molecule has 0 unspecified atom stereocenters. The van der Waals surface area contributed by atoms with Crippen LogP contribution in [0.3, 0.4) is 0 Å². The van der Waals surface area contributed by atoms with Gasteiger partial charge < -0.3 is 4.90 Å². The molecule has 0 aromatic carbocycles. The lowest BCUT2D eigenvalue weighted by molar-refractivity contribution is 0.372. The fourth-order valence-electron chi connectivity index (χ4n) is 0.906. The first-order valence-corrected chi connectivity index (χ1v) is 5.42. The molecule has 0 aliphatic rings. The van der Waals surface area contributed by atoms with Crippen LogP contribution in [0.1, 0.15) is 20.8 Å². The highest BCUT2D eigenvalue weighted by atomic mass is 127. The van der Waals surface area contributed by atoms with Gasteiger partial charge in [-0.05, 0) is 20.8 Å². The van der Waals surface area contributed by atoms with E-state index in [9.17, 15) is 0 Å². The second-order valence-corrected chi connectivity index (χ2v) is 3.64. The summed E-state index contributed by atoms with van der Waals surface area (Å²) >= 11 is 7.47. The van der Waals surface area contributed by atoms with Gasteiger partial charge in [-0.25, -0.2) is 0 Å². The lowest BCUT2D eigenvalue weighted by Gasteiger charge is -2.26. The Labute approximate surface area is 82.3 Å². The molecule has 0 spiro atoms. The number of nitrogens with zero attached hydrogens (tertiary/aromatic N) is 1. The summed E-state index contributed by atoms with van der Waals surface area (Å²) in [5.41, 5.74) is 0. The Morgan fingerprint density at radius 2 is 2.10 bits per heavy atom. The number of hydrogen-bond donors (Lipinski definition) is 0. The molecule has 60 valence electrons. The van der Waals surface area contributed by atoms with Crippen LogP contribution in [-0.4, -0.2) is 26.9 Å². The molecule has 0 atom stereocenters. The smallest absolute Gasteiger partial charge is 0.0880 e. The SMILES string of the molecule is CCN(C(=S)CI)C(C)C. The van der Waals surface area contributed by atoms with E-state index in [-0.39, 0.29) is 0 Å². The fourth-order valence-corrected chi connectivity index (χ4v) is 1.68. The third-order valence-corrected chi connectivity index (χ3v) is 3.02. The number of hydrogen-bond acceptors (Lipinski definition) is 1. The van der Waals surface area contributed by atoms with Crippen molar-refractivity contribution in [3.8, 4) is 0 Å². The molecule has 0 radical (unpaired) electrons. The van der Waals surface area contributed by atoms with Crippen molar-refractivity contribution in [2.24, 2.45) is 0 Å². The van der Waals surface area contributed by atoms with Gasteiger partial charge in [0.2, 0.25) is 0 Å². The fraction of sp³-hybridized carbons (Fsp3) is 0.857. The summed E-state index contributed by atoms with van der Waals surface area (Å²) < 4.78 is 0.957. The monoisotopic (exact) mass is 271 g/mol. The van der Waals surface area contributed by atoms with E-state index in [1.54, 1.807) is 0 Å². The van der Waals surface area contributed by atoms with Crippen molar-refractivity contribution in [1.82, 2.24) is 4.90 Å². The minimum absolute atomic E-state index is 0.548. The van der Waals surface area contributed by atoms with Crippen LogP contribution in [0.25, 0.3) is 0 Å². The number of thiocarbonyl (C=S) groups is 1. The average Bonchev–Trinajstić information content (AvgIpc) is 1.88. The summed E-state index contributed by atoms with van der Waals surface area (Å²) in [5, 5.41) is 0. The third-order valence-electron chi connectivity index (χ3n) is 1.40. The van der Waals surface area contributed by atoms with Crippen LogP contribution in [0.4, 0.5) is 0 Å². The van der Waals surface area contributed by atoms with Gasteiger partial charge in [0.05, 0.1) is 9.42 Å². The Morgan fingerprint density at radius 1 is 1.60 bits per heavy atom. The quantitative estimate of drug-likeness (QED) is 0.441. The molecule has 0 saturated heterocycles. The summed E-state index contributed by atoms with van der Waals surface area (Å²) in [6, 6.07) is 0.548. The van der Waals surface area contributed by atoms with Gasteiger partial charge in [-0.15, -0.1) is 0 Å². The van der Waals surface area contributed by atoms with Crippen LogP contribution >= 0.6 is 34.8 Å². The van der Waals surface area contributed by atoms with Gasteiger partial charge in [0.25, 0.3) is 0 Å². The van der Waals surface area contributed by atoms with Crippen LogP contribution in [0, 0.1) is 0 Å². The van der Waals surface area contributed by atoms with Crippen molar-refractivity contribution in [1.29, 1.82) is 0 Å². The van der Waals surface area contributed by atoms with Crippen LogP contribution < -0.4 is 0 Å². The second kappa shape index (κ2) is 5.29. The molecule has 0 bridgehead atoms. The molecule has 0 heterocycles. The van der Waals surface area contributed by atoms with Crippen molar-refractivity contribution in [2.45, 2.75) is 26.8 Å². The Bertz CT molecular complexity index is 114. The van der Waals surface area contributed by atoms with Crippen molar-refractivity contribution in [2.75, 3.05) is 11.0 Å². The molecular formula is C7H14INS. The predicted molar refractivity (Wildman–Crippen MR) is 59.0 cm³/mol. The Hall–Kier alpha value is 0.620. The van der Waals surface area contributed by atoms with E-state index in [1.807, 2.05) is 0 Å². The summed E-state index contributed by atoms with van der Waals surface area (Å²) in [5.74, 6) is 0. The van der Waals surface area contributed by atoms with Crippen molar-refractivity contribution < 1.29 is 0 Å². The predicted octanol–water partition coefficient (Wildman–Crippen LogP) is 2.48. The first kappa shape index (κ1) is 10.6. The molecule has 0 aromatic rings. The average molecular weight is 271 g/mol. The lowest BCUT2D eigenvalue weighted by atomic mass is 10.3. The van der Waals surface area contributed by atoms with E-state index in [2.05, 4.69) is 48.3 Å². The van der Waals surface area contributed by atoms with Crippen molar-refractivity contribution >= 4 is 39.8 Å². The van der Waals surface area contributed by atoms with Gasteiger partial charge in [-0.1, -0.05) is 34.8 Å². The Kier molecular flexibility index (Phi) is 5.62. The lowest BCUT2D eigenvalue weighted by Crippen LogP contribution is -2.36. The van der Waals surface area contributed by atoms with E-state index < -0.39 is 0 Å². The largest absolute Gasteiger partial charge is 0.363 e. The van der Waals surface area contributed by atoms with Gasteiger partial charge in [-0.3, -0.25) is 0 Å². The molecule has 3 heteroatoms. The van der Waals surface area contributed by atoms with Crippen molar-refractivity contribution in [3.05, 3.63) is 0 Å². The molecule has 0 rings (SSSR count). The van der Waals surface area contributed by atoms with E-state index in [4.69, 9.17) is 12.2 Å². The zero-order chi connectivity index (χ0) is 8.15. The molecule has 0 amide bonds. The molecule has 0 aliphatic heterocycles. The molecule has 0 aromatic heterocycles. The topological polar surface area (TPSA) is 3.24 Å². The third kappa shape index (κ3) is 3.14. The zero-order valence-corrected chi connectivity index (χ0v) is 9.70. The number of alkyl halides is 1. The molecule has 1 nitrogen and oxygen atoms in total. The van der Waals surface area contributed by atoms with Crippen LogP contribution in [-0.2, 0) is 0 Å². The van der Waals surface area contributed by atoms with Gasteiger partial charge >= 0.3 is 0 Å². The van der Waals surface area contributed by atoms with Gasteiger partial charge in [0.15, 0.2) is 0 Å². The minimum Gasteiger partial charge on any atom is -0.363 e. The standard InChI is InChI=1S/C7H14INS/c1-4-9(6(2)3)7(10)5-8/h6H,4-5H2,1-3H3. The second-order valence-electron chi connectivity index (χ2n) is 2.41. The van der Waals surface area contributed by atoms with E-state index >= 15 is 0 Å². The molecule has 0 fully saturated rings. The first-order chi connectivity index (χ1) is 4.63. The van der Waals surface area contributed by atoms with E-state index in [1.165, 1.54) is 0 Å². The van der Waals surface area contributed by atoms with Crippen LogP contribution in [0.15, 0.2) is 0 Å². The Balaban J connectivity index is 3.93. The summed E-state index contributed by atoms with van der Waals surface area (Å²) in [4.78, 5) is 3.31. The minimum atomic E-state index is 0.548. The highest BCUT2D eigenvalue weighted by Gasteiger charge is 2.08. The van der Waals surface area contributed by atoms with E-state index in [0.717, 1.165) is 16.0 Å². The number of rotatable bonds is 3. The summed E-state index contributed by atoms with van der Waals surface area (Å²) in [6.07, 6.45) is 0. The van der Waals surface area contributed by atoms with E-state index in [0.29, 0.717) is 6.04 Å². The maximum Gasteiger partial charge on any atom is 0.0880 e. The van der Waals surface area contributed by atoms with Gasteiger partial charge in [0, 0.05) is 12.6 Å². The first-order valence-electron chi connectivity index (χ1n) is 3.48. The maximum atomic E-state index is 5.17. The van der Waals surface area contributed by atoms with Crippen molar-refractivity contribution in [3.63, 3.8) is 0 Å². The highest BCUT2D eigenvalue weighted by molar-refractivity contribution is 14.1. The highest BCUT2D eigenvalue weighted by Crippen LogP contribution is 2.02. The van der Waals surface area contributed by atoms with Crippen LogP contribution in [0.2, 0.25) is 0 Å². The molecular weight excluding hydrogens is 257 g/mol. The maximum absolute atomic E-state index is 5.17. The summed E-state index contributed by atoms with van der Waals surface area (Å²) in [7, 11) is 0. The molecule has 0 aliphatic carbocycles. The van der Waals surface area contributed by atoms with Crippen LogP contribution in [0.5, 0.6) is 0 Å². The number of halogens is 1. The Morgan fingerprint density at radius 3 is 2.20 bits per heavy atom. The van der Waals surface area contributed by atoms with Gasteiger partial charge in [0.1, 0.15) is 0 Å². The van der Waals surface area contributed by atoms with Gasteiger partial charge in [-0.2, -0.15) is 0 Å².